The molecule has 0 atom stereocenters. The summed E-state index contributed by atoms with van der Waals surface area (Å²) in [6, 6.07) is 38.8. The van der Waals surface area contributed by atoms with E-state index in [0.717, 1.165) is 16.5 Å². The molecule has 0 unspecified atom stereocenters. The minimum absolute atomic E-state index is 0. The number of aromatic nitrogens is 2. The molecule has 0 spiro atoms. The van der Waals surface area contributed by atoms with Crippen molar-refractivity contribution in [3.05, 3.63) is 168 Å². The summed E-state index contributed by atoms with van der Waals surface area (Å²) < 4.78 is 76.3. The molecule has 0 amide bonds. The molecule has 3 aromatic heterocycles. The number of fused-ring (bicyclic) bond motifs is 3. The first-order valence-corrected chi connectivity index (χ1v) is 21.1. The number of pyridine rings is 2. The number of rotatable bonds is 8. The Balaban J connectivity index is 0.000000288. The third-order valence-corrected chi connectivity index (χ3v) is 10.9. The van der Waals surface area contributed by atoms with Crippen LogP contribution < -0.4 is 0 Å². The van der Waals surface area contributed by atoms with E-state index in [1.165, 1.54) is 61.7 Å². The Kier molecular flexibility index (Phi) is 12.8. The van der Waals surface area contributed by atoms with Crippen molar-refractivity contribution in [2.24, 2.45) is 10.8 Å². The van der Waals surface area contributed by atoms with Crippen molar-refractivity contribution in [2.75, 3.05) is 0 Å². The standard InChI is InChI=1S/C40H37F3NO.C16H18N.Ir/c1-23(2)28-10-8-11-29(24(3)4)35(28)26-20-21-44-34(22-26)33-13-9-12-31-32-19-18-30(36(41)38(32)45-37(31)33)25-14-16-27(17-15-25)40(42,43)39(5,6)7;1-16(2,3)12-13-9-10-17-15(11-13)14-7-5-4-6-8-14;/h8-12,14-24H,1-7H3;4-7,9-11H,12H2,1-3H3;/q2*-1;/i;4D,12D2;. The first-order chi connectivity index (χ1) is 30.5. The third kappa shape index (κ3) is 10.1. The van der Waals surface area contributed by atoms with Crippen LogP contribution in [0.5, 0.6) is 0 Å². The predicted octanol–water partition coefficient (Wildman–Crippen LogP) is 16.4. The molecule has 0 saturated heterocycles. The van der Waals surface area contributed by atoms with Crippen molar-refractivity contribution in [3.8, 4) is 44.8 Å². The molecule has 8 aromatic rings. The summed E-state index contributed by atoms with van der Waals surface area (Å²) in [4.78, 5) is 8.97. The van der Waals surface area contributed by atoms with Gasteiger partial charge >= 0.3 is 0 Å². The number of halogens is 3. The van der Waals surface area contributed by atoms with Gasteiger partial charge in [-0.05, 0) is 76.3 Å². The minimum atomic E-state index is -3.03. The second-order valence-corrected chi connectivity index (χ2v) is 18.5. The summed E-state index contributed by atoms with van der Waals surface area (Å²) in [5.74, 6) is -2.90. The average Bonchev–Trinajstić information content (AvgIpc) is 3.66. The summed E-state index contributed by atoms with van der Waals surface area (Å²) in [7, 11) is 0. The van der Waals surface area contributed by atoms with E-state index >= 15 is 4.39 Å². The van der Waals surface area contributed by atoms with Gasteiger partial charge in [-0.25, -0.2) is 13.2 Å². The van der Waals surface area contributed by atoms with Crippen LogP contribution in [-0.2, 0) is 32.4 Å². The van der Waals surface area contributed by atoms with E-state index < -0.39 is 28.9 Å². The maximum atomic E-state index is 16.1. The van der Waals surface area contributed by atoms with Gasteiger partial charge in [0.2, 0.25) is 0 Å². The van der Waals surface area contributed by atoms with Crippen LogP contribution in [0.1, 0.15) is 107 Å². The van der Waals surface area contributed by atoms with Crippen LogP contribution in [0.3, 0.4) is 0 Å². The zero-order chi connectivity index (χ0) is 47.2. The van der Waals surface area contributed by atoms with Gasteiger partial charge in [-0.15, -0.1) is 54.1 Å². The maximum absolute atomic E-state index is 16.1. The quantitative estimate of drug-likeness (QED) is 0.142. The zero-order valence-electron chi connectivity index (χ0n) is 40.5. The van der Waals surface area contributed by atoms with Gasteiger partial charge in [-0.1, -0.05) is 152 Å². The van der Waals surface area contributed by atoms with E-state index in [0.29, 0.717) is 56.9 Å². The van der Waals surface area contributed by atoms with Gasteiger partial charge in [0, 0.05) is 57.2 Å². The Morgan fingerprint density at radius 3 is 1.97 bits per heavy atom. The Hall–Kier alpha value is -5.36. The predicted molar refractivity (Wildman–Crippen MR) is 250 cm³/mol. The number of hydrogen-bond acceptors (Lipinski definition) is 3. The van der Waals surface area contributed by atoms with Gasteiger partial charge in [0.25, 0.3) is 5.92 Å². The molecule has 327 valence electrons. The second-order valence-electron chi connectivity index (χ2n) is 18.5. The van der Waals surface area contributed by atoms with Crippen molar-refractivity contribution >= 4 is 21.9 Å². The first-order valence-electron chi connectivity index (χ1n) is 22.6. The number of alkyl halides is 2. The van der Waals surface area contributed by atoms with Gasteiger partial charge in [0.05, 0.1) is 5.58 Å². The average molecular weight is 1020 g/mol. The van der Waals surface area contributed by atoms with Crippen LogP contribution in [0.15, 0.2) is 132 Å². The fourth-order valence-electron chi connectivity index (χ4n) is 7.68. The molecular formula is C56H55F3IrN2O-2. The first kappa shape index (κ1) is 42.9. The van der Waals surface area contributed by atoms with E-state index in [-0.39, 0.29) is 36.8 Å². The van der Waals surface area contributed by atoms with Gasteiger partial charge < -0.3 is 14.4 Å². The van der Waals surface area contributed by atoms with Crippen LogP contribution in [0.4, 0.5) is 13.2 Å². The van der Waals surface area contributed by atoms with Crippen LogP contribution in [0.25, 0.3) is 66.7 Å². The van der Waals surface area contributed by atoms with E-state index in [1.54, 1.807) is 48.8 Å². The van der Waals surface area contributed by atoms with Crippen LogP contribution in [0.2, 0.25) is 0 Å². The Morgan fingerprint density at radius 1 is 0.698 bits per heavy atom. The molecule has 5 aromatic carbocycles. The summed E-state index contributed by atoms with van der Waals surface area (Å²) in [6.07, 6.45) is 1.98. The Bertz CT molecular complexity index is 2960. The monoisotopic (exact) mass is 1020 g/mol. The molecule has 3 nitrogen and oxygen atoms in total. The SMILES string of the molecule is CC(C)c1cccc(C(C)C)c1-c1ccnc(-c2[c-]ccc3c2oc2c(F)c(-c4ccc(C(F)(F)C(C)(C)C)cc4)ccc23)c1.[2H]c1c[c-]c(-c2cc(C([2H])([2H])C(C)(C)C)ccn2)cc1.[Ir]. The van der Waals surface area contributed by atoms with Crippen molar-refractivity contribution < 1.29 is 41.8 Å². The van der Waals surface area contributed by atoms with Gasteiger partial charge in [-0.2, -0.15) is 0 Å². The number of benzene rings is 5. The molecule has 1 radical (unpaired) electrons. The zero-order valence-corrected chi connectivity index (χ0v) is 39.9. The largest absolute Gasteiger partial charge is 0.497 e. The van der Waals surface area contributed by atoms with Crippen molar-refractivity contribution in [2.45, 2.75) is 93.4 Å². The fourth-order valence-corrected chi connectivity index (χ4v) is 7.68. The molecular weight excluding hydrogens is 966 g/mol. The third-order valence-electron chi connectivity index (χ3n) is 10.9. The molecule has 3 heterocycles. The summed E-state index contributed by atoms with van der Waals surface area (Å²) >= 11 is 0. The van der Waals surface area contributed by atoms with Crippen LogP contribution in [0, 0.1) is 28.8 Å². The number of hydrogen-bond donors (Lipinski definition) is 0. The van der Waals surface area contributed by atoms with E-state index in [2.05, 4.69) is 69.1 Å². The normalized spacial score (nSPS) is 13.0. The van der Waals surface area contributed by atoms with E-state index in [9.17, 15) is 8.78 Å². The summed E-state index contributed by atoms with van der Waals surface area (Å²) in [6.45, 7) is 19.0. The van der Waals surface area contributed by atoms with Crippen molar-refractivity contribution in [1.29, 1.82) is 0 Å². The molecule has 0 aliphatic rings. The molecule has 0 fully saturated rings. The number of nitrogens with zero attached hydrogens (tertiary/aromatic N) is 2. The second kappa shape index (κ2) is 18.8. The topological polar surface area (TPSA) is 38.9 Å². The van der Waals surface area contributed by atoms with Crippen LogP contribution in [-0.4, -0.2) is 9.97 Å². The molecule has 0 aliphatic heterocycles. The summed E-state index contributed by atoms with van der Waals surface area (Å²) in [5.41, 5.74) is 7.73. The van der Waals surface area contributed by atoms with E-state index in [4.69, 9.17) is 13.5 Å². The molecule has 0 N–H and O–H groups in total. The molecule has 7 heteroatoms. The van der Waals surface area contributed by atoms with Crippen molar-refractivity contribution in [3.63, 3.8) is 0 Å². The Labute approximate surface area is 388 Å². The van der Waals surface area contributed by atoms with Crippen molar-refractivity contribution in [1.82, 2.24) is 9.97 Å². The molecule has 63 heavy (non-hydrogen) atoms. The van der Waals surface area contributed by atoms with E-state index in [1.807, 2.05) is 45.0 Å². The minimum Gasteiger partial charge on any atom is -0.497 e. The number of furan rings is 1. The smallest absolute Gasteiger partial charge is 0.277 e. The molecule has 0 saturated carbocycles. The molecule has 8 rings (SSSR count). The maximum Gasteiger partial charge on any atom is 0.277 e. The summed E-state index contributed by atoms with van der Waals surface area (Å²) in [5, 5.41) is 1.38. The Morgan fingerprint density at radius 2 is 1.35 bits per heavy atom. The van der Waals surface area contributed by atoms with Gasteiger partial charge in [-0.3, -0.25) is 0 Å². The molecule has 0 bridgehead atoms. The van der Waals surface area contributed by atoms with Gasteiger partial charge in [0.1, 0.15) is 0 Å². The van der Waals surface area contributed by atoms with Crippen LogP contribution >= 0.6 is 0 Å². The van der Waals surface area contributed by atoms with Gasteiger partial charge in [0.15, 0.2) is 11.4 Å². The molecule has 0 aliphatic carbocycles. The fraction of sp³-hybridized carbons (Fsp3) is 0.286.